The zero-order chi connectivity index (χ0) is 21.8. The lowest BCUT2D eigenvalue weighted by atomic mass is 10.1. The summed E-state index contributed by atoms with van der Waals surface area (Å²) in [5.41, 5.74) is 1.11. The van der Waals surface area contributed by atoms with Gasteiger partial charge in [-0.15, -0.1) is 11.3 Å². The highest BCUT2D eigenvalue weighted by Crippen LogP contribution is 2.28. The van der Waals surface area contributed by atoms with Gasteiger partial charge in [0.1, 0.15) is 6.61 Å². The fourth-order valence-corrected chi connectivity index (χ4v) is 3.88. The molecule has 1 atom stereocenters. The van der Waals surface area contributed by atoms with Crippen LogP contribution in [0.3, 0.4) is 0 Å². The summed E-state index contributed by atoms with van der Waals surface area (Å²) < 4.78 is 11.5. The minimum Gasteiger partial charge on any atom is -0.493 e. The normalized spacial score (nSPS) is 12.7. The largest absolute Gasteiger partial charge is 0.493 e. The van der Waals surface area contributed by atoms with E-state index in [-0.39, 0.29) is 0 Å². The highest BCUT2D eigenvalue weighted by molar-refractivity contribution is 7.10. The van der Waals surface area contributed by atoms with E-state index in [1.165, 1.54) is 4.88 Å². The Bertz CT molecular complexity index is 761. The molecule has 166 valence electrons. The van der Waals surface area contributed by atoms with Crippen molar-refractivity contribution in [1.82, 2.24) is 15.5 Å². The van der Waals surface area contributed by atoms with Crippen LogP contribution in [0.4, 0.5) is 0 Å². The number of aliphatic imine (C=N–C) groups is 1. The van der Waals surface area contributed by atoms with Gasteiger partial charge >= 0.3 is 0 Å². The molecule has 0 radical (unpaired) electrons. The monoisotopic (exact) mass is 432 g/mol. The standard InChI is InChI=1S/C23H36N4O2S/c1-6-27(7-2)12-13-29-20-11-10-19(15-21(20)28-5)17-26-23(24-4)25-16-18(3)22-9-8-14-30-22/h8-11,14-15,18H,6-7,12-13,16-17H2,1-5H3,(H2,24,25,26). The lowest BCUT2D eigenvalue weighted by Gasteiger charge is -2.19. The number of guanidine groups is 1. The fraction of sp³-hybridized carbons (Fsp3) is 0.522. The van der Waals surface area contributed by atoms with Crippen molar-refractivity contribution in [3.05, 3.63) is 46.2 Å². The fourth-order valence-electron chi connectivity index (χ4n) is 3.09. The molecule has 0 spiro atoms. The van der Waals surface area contributed by atoms with Gasteiger partial charge in [0.2, 0.25) is 0 Å². The van der Waals surface area contributed by atoms with Crippen molar-refractivity contribution in [2.75, 3.05) is 46.9 Å². The van der Waals surface area contributed by atoms with Gasteiger partial charge in [-0.25, -0.2) is 0 Å². The number of hydrogen-bond acceptors (Lipinski definition) is 5. The number of likely N-dealkylation sites (N-methyl/N-ethyl adjacent to an activating group) is 1. The molecule has 2 N–H and O–H groups in total. The molecule has 0 saturated carbocycles. The Hall–Kier alpha value is -2.25. The lowest BCUT2D eigenvalue weighted by Crippen LogP contribution is -2.38. The summed E-state index contributed by atoms with van der Waals surface area (Å²) in [6.07, 6.45) is 0. The molecule has 1 aromatic heterocycles. The van der Waals surface area contributed by atoms with Gasteiger partial charge in [-0.3, -0.25) is 4.99 Å². The molecule has 30 heavy (non-hydrogen) atoms. The Morgan fingerprint density at radius 2 is 1.97 bits per heavy atom. The molecule has 6 nitrogen and oxygen atoms in total. The van der Waals surface area contributed by atoms with Crippen LogP contribution in [-0.4, -0.2) is 57.8 Å². The third-order valence-electron chi connectivity index (χ3n) is 5.08. The summed E-state index contributed by atoms with van der Waals surface area (Å²) in [6, 6.07) is 10.3. The van der Waals surface area contributed by atoms with E-state index in [0.29, 0.717) is 19.1 Å². The lowest BCUT2D eigenvalue weighted by molar-refractivity contribution is 0.217. The smallest absolute Gasteiger partial charge is 0.191 e. The maximum absolute atomic E-state index is 5.94. The number of nitrogens with one attached hydrogen (secondary N) is 2. The summed E-state index contributed by atoms with van der Waals surface area (Å²) in [4.78, 5) is 8.04. The van der Waals surface area contributed by atoms with E-state index >= 15 is 0 Å². The first-order valence-corrected chi connectivity index (χ1v) is 11.5. The number of nitrogens with zero attached hydrogens (tertiary/aromatic N) is 2. The predicted octanol–water partition coefficient (Wildman–Crippen LogP) is 3.95. The van der Waals surface area contributed by atoms with Gasteiger partial charge in [0.15, 0.2) is 17.5 Å². The van der Waals surface area contributed by atoms with E-state index in [1.54, 1.807) is 25.5 Å². The first-order chi connectivity index (χ1) is 14.6. The molecule has 0 fully saturated rings. The predicted molar refractivity (Wildman–Crippen MR) is 127 cm³/mol. The highest BCUT2D eigenvalue weighted by atomic mass is 32.1. The van der Waals surface area contributed by atoms with Crippen molar-refractivity contribution in [2.24, 2.45) is 4.99 Å². The van der Waals surface area contributed by atoms with Crippen LogP contribution in [0.1, 0.15) is 37.1 Å². The Kier molecular flexibility index (Phi) is 10.5. The van der Waals surface area contributed by atoms with Crippen molar-refractivity contribution < 1.29 is 9.47 Å². The van der Waals surface area contributed by atoms with Crippen LogP contribution in [0, 0.1) is 0 Å². The number of hydrogen-bond donors (Lipinski definition) is 2. The van der Waals surface area contributed by atoms with Gasteiger partial charge in [0.05, 0.1) is 7.11 Å². The van der Waals surface area contributed by atoms with Crippen molar-refractivity contribution in [2.45, 2.75) is 33.2 Å². The third-order valence-corrected chi connectivity index (χ3v) is 6.18. The molecule has 1 unspecified atom stereocenters. The van der Waals surface area contributed by atoms with E-state index in [1.807, 2.05) is 12.1 Å². The van der Waals surface area contributed by atoms with Crippen LogP contribution in [0.2, 0.25) is 0 Å². The summed E-state index contributed by atoms with van der Waals surface area (Å²) in [6.45, 7) is 11.7. The summed E-state index contributed by atoms with van der Waals surface area (Å²) >= 11 is 1.79. The van der Waals surface area contributed by atoms with Crippen LogP contribution in [0.25, 0.3) is 0 Å². The molecule has 7 heteroatoms. The molecule has 0 saturated heterocycles. The van der Waals surface area contributed by atoms with Gasteiger partial charge in [0.25, 0.3) is 0 Å². The van der Waals surface area contributed by atoms with Crippen molar-refractivity contribution >= 4 is 17.3 Å². The maximum Gasteiger partial charge on any atom is 0.191 e. The van der Waals surface area contributed by atoms with Crippen LogP contribution >= 0.6 is 11.3 Å². The summed E-state index contributed by atoms with van der Waals surface area (Å²) in [7, 11) is 3.47. The van der Waals surface area contributed by atoms with Crippen molar-refractivity contribution in [3.8, 4) is 11.5 Å². The minimum atomic E-state index is 0.441. The zero-order valence-corrected chi connectivity index (χ0v) is 19.7. The molecule has 0 aliphatic heterocycles. The first-order valence-electron chi connectivity index (χ1n) is 10.6. The third kappa shape index (κ3) is 7.54. The van der Waals surface area contributed by atoms with Gasteiger partial charge in [-0.1, -0.05) is 32.9 Å². The zero-order valence-electron chi connectivity index (χ0n) is 18.9. The molecule has 2 rings (SSSR count). The maximum atomic E-state index is 5.94. The Labute approximate surface area is 185 Å². The van der Waals surface area contributed by atoms with E-state index < -0.39 is 0 Å². The number of ether oxygens (including phenoxy) is 2. The SMILES string of the molecule is CCN(CC)CCOc1ccc(CNC(=NC)NCC(C)c2cccs2)cc1OC. The van der Waals surface area contributed by atoms with Crippen LogP contribution in [0.5, 0.6) is 11.5 Å². The topological polar surface area (TPSA) is 58.1 Å². The number of rotatable bonds is 12. The number of methoxy groups -OCH3 is 1. The molecule has 0 aliphatic carbocycles. The molecule has 0 amide bonds. The van der Waals surface area contributed by atoms with Gasteiger partial charge in [0, 0.05) is 37.5 Å². The quantitative estimate of drug-likeness (QED) is 0.393. The first kappa shape index (κ1) is 24.0. The molecular formula is C23H36N4O2S. The minimum absolute atomic E-state index is 0.441. The van der Waals surface area contributed by atoms with Crippen LogP contribution < -0.4 is 20.1 Å². The molecule has 2 aromatic rings. The molecule has 1 heterocycles. The highest BCUT2D eigenvalue weighted by Gasteiger charge is 2.09. The van der Waals surface area contributed by atoms with E-state index in [0.717, 1.165) is 49.2 Å². The van der Waals surface area contributed by atoms with E-state index in [9.17, 15) is 0 Å². The average Bonchev–Trinajstić information content (AvgIpc) is 3.32. The van der Waals surface area contributed by atoms with E-state index in [4.69, 9.17) is 9.47 Å². The summed E-state index contributed by atoms with van der Waals surface area (Å²) in [5, 5.41) is 8.89. The Balaban J connectivity index is 1.85. The van der Waals surface area contributed by atoms with Crippen LogP contribution in [0.15, 0.2) is 40.7 Å². The molecule has 1 aromatic carbocycles. The Morgan fingerprint density at radius 3 is 2.60 bits per heavy atom. The van der Waals surface area contributed by atoms with Gasteiger partial charge in [-0.2, -0.15) is 0 Å². The molecule has 0 bridgehead atoms. The van der Waals surface area contributed by atoms with Crippen molar-refractivity contribution in [1.29, 1.82) is 0 Å². The van der Waals surface area contributed by atoms with Crippen molar-refractivity contribution in [3.63, 3.8) is 0 Å². The average molecular weight is 433 g/mol. The second-order valence-corrected chi connectivity index (χ2v) is 8.06. The Morgan fingerprint density at radius 1 is 1.17 bits per heavy atom. The summed E-state index contributed by atoms with van der Waals surface area (Å²) in [5.74, 6) is 2.76. The number of thiophene rings is 1. The van der Waals surface area contributed by atoms with Gasteiger partial charge in [-0.05, 0) is 42.2 Å². The second-order valence-electron chi connectivity index (χ2n) is 7.08. The van der Waals surface area contributed by atoms with Crippen LogP contribution in [-0.2, 0) is 6.54 Å². The second kappa shape index (κ2) is 13.1. The molecular weight excluding hydrogens is 396 g/mol. The van der Waals surface area contributed by atoms with E-state index in [2.05, 4.69) is 64.9 Å². The molecule has 0 aliphatic rings. The number of benzene rings is 1. The van der Waals surface area contributed by atoms with Gasteiger partial charge < -0.3 is 25.0 Å².